The van der Waals surface area contributed by atoms with Crippen LogP contribution in [0.15, 0.2) is 0 Å². The van der Waals surface area contributed by atoms with Crippen molar-refractivity contribution in [3.05, 3.63) is 0 Å². The van der Waals surface area contributed by atoms with Crippen LogP contribution in [-0.4, -0.2) is 31.1 Å². The molecule has 0 saturated heterocycles. The van der Waals surface area contributed by atoms with Crippen LogP contribution in [0.1, 0.15) is 53.4 Å². The minimum Gasteiger partial charge on any atom is -0.330 e. The molecule has 0 heterocycles. The predicted octanol–water partition coefficient (Wildman–Crippen LogP) is 2.87. The number of unbranched alkanes of at least 4 members (excludes halogenated alkanes) is 1. The quantitative estimate of drug-likeness (QED) is 0.613. The van der Waals surface area contributed by atoms with E-state index in [9.17, 15) is 0 Å². The first kappa shape index (κ1) is 16.4. The normalized spacial score (nSPS) is 9.86. The van der Waals surface area contributed by atoms with Gasteiger partial charge in [0.1, 0.15) is 0 Å². The van der Waals surface area contributed by atoms with E-state index < -0.39 is 0 Å². The first-order valence-electron chi connectivity index (χ1n) is 6.27. The lowest BCUT2D eigenvalue weighted by molar-refractivity contribution is 0.269. The highest BCUT2D eigenvalue weighted by molar-refractivity contribution is 4.56. The van der Waals surface area contributed by atoms with Gasteiger partial charge in [-0.1, -0.05) is 27.7 Å². The Morgan fingerprint density at radius 2 is 1.36 bits per heavy atom. The Labute approximate surface area is 90.9 Å². The van der Waals surface area contributed by atoms with Crippen molar-refractivity contribution in [2.24, 2.45) is 5.73 Å². The van der Waals surface area contributed by atoms with Crippen molar-refractivity contribution >= 4 is 0 Å². The zero-order valence-corrected chi connectivity index (χ0v) is 10.7. The molecule has 0 aromatic carbocycles. The number of hydrogen-bond donors (Lipinski definition) is 1. The summed E-state index contributed by atoms with van der Waals surface area (Å²) < 4.78 is 0. The second kappa shape index (κ2) is 15.4. The first-order valence-corrected chi connectivity index (χ1v) is 6.27. The maximum atomic E-state index is 5.44. The SMILES string of the molecule is CC.CCCN(CCC)CCCCN. The highest BCUT2D eigenvalue weighted by Crippen LogP contribution is 1.97. The van der Waals surface area contributed by atoms with Crippen LogP contribution >= 0.6 is 0 Å². The lowest BCUT2D eigenvalue weighted by Crippen LogP contribution is -2.26. The van der Waals surface area contributed by atoms with E-state index in [0.29, 0.717) is 0 Å². The molecule has 0 unspecified atom stereocenters. The van der Waals surface area contributed by atoms with Gasteiger partial charge in [-0.15, -0.1) is 0 Å². The van der Waals surface area contributed by atoms with E-state index in [1.165, 1.54) is 45.3 Å². The Bertz CT molecular complexity index is 78.4. The molecule has 0 aromatic rings. The van der Waals surface area contributed by atoms with Crippen molar-refractivity contribution in [1.29, 1.82) is 0 Å². The molecule has 2 heteroatoms. The van der Waals surface area contributed by atoms with Gasteiger partial charge in [-0.05, 0) is 51.9 Å². The van der Waals surface area contributed by atoms with Crippen molar-refractivity contribution in [2.45, 2.75) is 53.4 Å². The zero-order valence-electron chi connectivity index (χ0n) is 10.7. The molecule has 0 atom stereocenters. The van der Waals surface area contributed by atoms with E-state index in [1.54, 1.807) is 0 Å². The lowest BCUT2D eigenvalue weighted by atomic mass is 10.2. The summed E-state index contributed by atoms with van der Waals surface area (Å²) in [6.45, 7) is 13.1. The van der Waals surface area contributed by atoms with Crippen LogP contribution in [0.2, 0.25) is 0 Å². The maximum absolute atomic E-state index is 5.44. The molecule has 0 aliphatic heterocycles. The Morgan fingerprint density at radius 1 is 0.857 bits per heavy atom. The van der Waals surface area contributed by atoms with E-state index in [2.05, 4.69) is 18.7 Å². The van der Waals surface area contributed by atoms with E-state index in [4.69, 9.17) is 5.73 Å². The highest BCUT2D eigenvalue weighted by atomic mass is 15.1. The second-order valence-corrected chi connectivity index (χ2v) is 3.34. The minimum absolute atomic E-state index is 0.839. The first-order chi connectivity index (χ1) is 6.85. The smallest absolute Gasteiger partial charge is 0.00183 e. The largest absolute Gasteiger partial charge is 0.330 e. The van der Waals surface area contributed by atoms with Gasteiger partial charge in [0.2, 0.25) is 0 Å². The summed E-state index contributed by atoms with van der Waals surface area (Å²) in [5.74, 6) is 0. The predicted molar refractivity (Wildman–Crippen MR) is 66.7 cm³/mol. The third-order valence-electron chi connectivity index (χ3n) is 2.01. The lowest BCUT2D eigenvalue weighted by Gasteiger charge is -2.20. The van der Waals surface area contributed by atoms with Crippen LogP contribution < -0.4 is 5.73 Å². The number of nitrogens with two attached hydrogens (primary N) is 1. The van der Waals surface area contributed by atoms with Crippen LogP contribution in [0.25, 0.3) is 0 Å². The molecule has 0 aliphatic rings. The van der Waals surface area contributed by atoms with Gasteiger partial charge in [0.25, 0.3) is 0 Å². The highest BCUT2D eigenvalue weighted by Gasteiger charge is 2.00. The molecule has 14 heavy (non-hydrogen) atoms. The Morgan fingerprint density at radius 3 is 1.71 bits per heavy atom. The van der Waals surface area contributed by atoms with Gasteiger partial charge in [0.15, 0.2) is 0 Å². The summed E-state index contributed by atoms with van der Waals surface area (Å²) in [6, 6.07) is 0. The zero-order chi connectivity index (χ0) is 11.2. The summed E-state index contributed by atoms with van der Waals surface area (Å²) >= 11 is 0. The molecule has 0 amide bonds. The van der Waals surface area contributed by atoms with Crippen LogP contribution in [0, 0.1) is 0 Å². The van der Waals surface area contributed by atoms with Crippen molar-refractivity contribution < 1.29 is 0 Å². The van der Waals surface area contributed by atoms with Gasteiger partial charge in [-0.2, -0.15) is 0 Å². The van der Waals surface area contributed by atoms with Gasteiger partial charge in [-0.3, -0.25) is 0 Å². The van der Waals surface area contributed by atoms with Crippen molar-refractivity contribution in [3.63, 3.8) is 0 Å². The Balaban J connectivity index is 0. The number of rotatable bonds is 8. The number of hydrogen-bond acceptors (Lipinski definition) is 2. The van der Waals surface area contributed by atoms with Gasteiger partial charge >= 0.3 is 0 Å². The average Bonchev–Trinajstić information content (AvgIpc) is 2.22. The molecular weight excluding hydrogens is 172 g/mol. The van der Waals surface area contributed by atoms with E-state index in [0.717, 1.165) is 6.54 Å². The second-order valence-electron chi connectivity index (χ2n) is 3.34. The molecule has 0 bridgehead atoms. The fourth-order valence-electron chi connectivity index (χ4n) is 1.45. The van der Waals surface area contributed by atoms with Gasteiger partial charge < -0.3 is 10.6 Å². The summed E-state index contributed by atoms with van der Waals surface area (Å²) in [4.78, 5) is 2.54. The van der Waals surface area contributed by atoms with Crippen LogP contribution in [0.3, 0.4) is 0 Å². The molecular formula is C12H30N2. The molecule has 2 nitrogen and oxygen atoms in total. The molecule has 0 fully saturated rings. The van der Waals surface area contributed by atoms with Gasteiger partial charge in [-0.25, -0.2) is 0 Å². The van der Waals surface area contributed by atoms with Gasteiger partial charge in [0.05, 0.1) is 0 Å². The third kappa shape index (κ3) is 11.9. The van der Waals surface area contributed by atoms with Crippen LogP contribution in [-0.2, 0) is 0 Å². The average molecular weight is 202 g/mol. The van der Waals surface area contributed by atoms with Gasteiger partial charge in [0, 0.05) is 0 Å². The standard InChI is InChI=1S/C10H24N2.C2H6/c1-3-8-12(9-4-2)10-6-5-7-11;1-2/h3-11H2,1-2H3;1-2H3. The van der Waals surface area contributed by atoms with Crippen molar-refractivity contribution in [1.82, 2.24) is 4.90 Å². The Hall–Kier alpha value is -0.0800. The summed E-state index contributed by atoms with van der Waals surface area (Å²) in [5.41, 5.74) is 5.44. The van der Waals surface area contributed by atoms with Crippen LogP contribution in [0.4, 0.5) is 0 Å². The van der Waals surface area contributed by atoms with Crippen molar-refractivity contribution in [2.75, 3.05) is 26.2 Å². The fourth-order valence-corrected chi connectivity index (χ4v) is 1.45. The molecule has 0 radical (unpaired) electrons. The molecule has 2 N–H and O–H groups in total. The van der Waals surface area contributed by atoms with E-state index in [1.807, 2.05) is 13.8 Å². The van der Waals surface area contributed by atoms with Crippen LogP contribution in [0.5, 0.6) is 0 Å². The number of nitrogens with zero attached hydrogens (tertiary/aromatic N) is 1. The van der Waals surface area contributed by atoms with Crippen molar-refractivity contribution in [3.8, 4) is 0 Å². The van der Waals surface area contributed by atoms with E-state index >= 15 is 0 Å². The molecule has 0 spiro atoms. The third-order valence-corrected chi connectivity index (χ3v) is 2.01. The fraction of sp³-hybridized carbons (Fsp3) is 1.00. The summed E-state index contributed by atoms with van der Waals surface area (Å²) in [6.07, 6.45) is 4.96. The minimum atomic E-state index is 0.839. The molecule has 0 aliphatic carbocycles. The molecule has 0 rings (SSSR count). The molecule has 0 saturated carbocycles. The molecule has 88 valence electrons. The molecule has 0 aromatic heterocycles. The maximum Gasteiger partial charge on any atom is -0.00183 e. The topological polar surface area (TPSA) is 29.3 Å². The summed E-state index contributed by atoms with van der Waals surface area (Å²) in [5, 5.41) is 0. The Kier molecular flexibility index (Phi) is 18.0. The summed E-state index contributed by atoms with van der Waals surface area (Å²) in [7, 11) is 0. The monoisotopic (exact) mass is 202 g/mol. The van der Waals surface area contributed by atoms with E-state index in [-0.39, 0.29) is 0 Å².